The summed E-state index contributed by atoms with van der Waals surface area (Å²) in [7, 11) is 1.78. The highest BCUT2D eigenvalue weighted by Crippen LogP contribution is 2.30. The van der Waals surface area contributed by atoms with E-state index in [9.17, 15) is 9.59 Å². The number of rotatable bonds is 5. The molecule has 4 rings (SSSR count). The maximum atomic E-state index is 13.1. The Morgan fingerprint density at radius 3 is 2.70 bits per heavy atom. The molecule has 0 aliphatic carbocycles. The number of amides is 2. The molecule has 0 spiro atoms. The Morgan fingerprint density at radius 1 is 1.27 bits per heavy atom. The molecule has 0 unspecified atom stereocenters. The van der Waals surface area contributed by atoms with E-state index in [1.54, 1.807) is 16.8 Å². The summed E-state index contributed by atoms with van der Waals surface area (Å²) in [5.74, 6) is 0.404. The van der Waals surface area contributed by atoms with Gasteiger partial charge in [-0.25, -0.2) is 9.97 Å². The van der Waals surface area contributed by atoms with Crippen LogP contribution in [0.1, 0.15) is 55.1 Å². The molecule has 8 nitrogen and oxygen atoms in total. The van der Waals surface area contributed by atoms with Crippen LogP contribution in [0.25, 0.3) is 11.3 Å². The summed E-state index contributed by atoms with van der Waals surface area (Å²) in [5, 5.41) is 3.41. The first-order valence-electron chi connectivity index (χ1n) is 11.5. The molecule has 1 aromatic carbocycles. The summed E-state index contributed by atoms with van der Waals surface area (Å²) in [6, 6.07) is 6.15. The molecule has 2 aliphatic rings. The molecule has 0 bridgehead atoms. The van der Waals surface area contributed by atoms with Crippen molar-refractivity contribution in [3.8, 4) is 11.3 Å². The van der Waals surface area contributed by atoms with E-state index in [4.69, 9.17) is 9.72 Å². The molecule has 176 valence electrons. The first kappa shape index (κ1) is 23.2. The maximum Gasteiger partial charge on any atom is 0.254 e. The fourth-order valence-corrected chi connectivity index (χ4v) is 4.11. The molecule has 2 amide bonds. The van der Waals surface area contributed by atoms with Gasteiger partial charge in [0.15, 0.2) is 0 Å². The molecule has 3 heterocycles. The smallest absolute Gasteiger partial charge is 0.254 e. The molecular formula is C25H33N5O3. The van der Waals surface area contributed by atoms with Crippen molar-refractivity contribution in [2.75, 3.05) is 32.1 Å². The monoisotopic (exact) mass is 451 g/mol. The van der Waals surface area contributed by atoms with Crippen molar-refractivity contribution in [2.45, 2.75) is 58.7 Å². The zero-order chi connectivity index (χ0) is 23.8. The number of carbonyl (C=O) groups is 2. The lowest BCUT2D eigenvalue weighted by Crippen LogP contribution is -2.47. The molecule has 1 aromatic heterocycles. The quantitative estimate of drug-likeness (QED) is 0.751. The number of ether oxygens (including phenoxy) is 1. The van der Waals surface area contributed by atoms with Crippen molar-refractivity contribution >= 4 is 17.8 Å². The molecule has 1 fully saturated rings. The third-order valence-electron chi connectivity index (χ3n) is 6.49. The van der Waals surface area contributed by atoms with Gasteiger partial charge in [-0.1, -0.05) is 12.1 Å². The van der Waals surface area contributed by atoms with Gasteiger partial charge in [-0.05, 0) is 57.7 Å². The highest BCUT2D eigenvalue weighted by atomic mass is 16.5. The van der Waals surface area contributed by atoms with Crippen molar-refractivity contribution in [1.82, 2.24) is 19.8 Å². The lowest BCUT2D eigenvalue weighted by atomic mass is 10.0. The van der Waals surface area contributed by atoms with Crippen LogP contribution in [0.3, 0.4) is 0 Å². The lowest BCUT2D eigenvalue weighted by molar-refractivity contribution is -0.134. The van der Waals surface area contributed by atoms with Gasteiger partial charge in [-0.3, -0.25) is 9.59 Å². The second-order valence-corrected chi connectivity index (χ2v) is 9.91. The van der Waals surface area contributed by atoms with Crippen molar-refractivity contribution in [3.05, 3.63) is 41.1 Å². The fraction of sp³-hybridized carbons (Fsp3) is 0.520. The number of nitrogens with zero attached hydrogens (tertiary/aromatic N) is 4. The predicted molar refractivity (Wildman–Crippen MR) is 127 cm³/mol. The summed E-state index contributed by atoms with van der Waals surface area (Å²) in [4.78, 5) is 38.3. The van der Waals surface area contributed by atoms with Crippen molar-refractivity contribution in [3.63, 3.8) is 0 Å². The Balaban J connectivity index is 1.52. The average Bonchev–Trinajstić information content (AvgIpc) is 3.09. The molecule has 1 N–H and O–H groups in total. The highest BCUT2D eigenvalue weighted by molar-refractivity contribution is 6.01. The van der Waals surface area contributed by atoms with E-state index in [-0.39, 0.29) is 23.9 Å². The van der Waals surface area contributed by atoms with E-state index in [1.807, 2.05) is 52.1 Å². The standard InChI is InChI=1S/C25H33N5O3/c1-16-13-26-24(27-19-8-10-33-11-9-19)28-22(16)17-6-7-18-14-30(23(32)20(18)12-17)15-21(31)29(5)25(2,3)4/h6-7,12-13,19H,8-11,14-15H2,1-5H3,(H,26,27,28). The Bertz CT molecular complexity index is 1060. The zero-order valence-electron chi connectivity index (χ0n) is 20.1. The van der Waals surface area contributed by atoms with Crippen LogP contribution in [0.4, 0.5) is 5.95 Å². The van der Waals surface area contributed by atoms with Crippen LogP contribution in [-0.2, 0) is 16.1 Å². The van der Waals surface area contributed by atoms with Gasteiger partial charge in [0.05, 0.1) is 5.69 Å². The number of fused-ring (bicyclic) bond motifs is 1. The number of nitrogens with one attached hydrogen (secondary N) is 1. The summed E-state index contributed by atoms with van der Waals surface area (Å²) >= 11 is 0. The molecule has 0 atom stereocenters. The summed E-state index contributed by atoms with van der Waals surface area (Å²) in [5.41, 5.74) is 3.89. The second kappa shape index (κ2) is 9.09. The van der Waals surface area contributed by atoms with Crippen LogP contribution in [0.15, 0.2) is 24.4 Å². The zero-order valence-corrected chi connectivity index (χ0v) is 20.1. The minimum absolute atomic E-state index is 0.0700. The largest absolute Gasteiger partial charge is 0.381 e. The van der Waals surface area contributed by atoms with Crippen LogP contribution in [0.2, 0.25) is 0 Å². The normalized spacial score (nSPS) is 16.6. The number of hydrogen-bond acceptors (Lipinski definition) is 6. The minimum atomic E-state index is -0.291. The van der Waals surface area contributed by atoms with Gasteiger partial charge in [0.2, 0.25) is 11.9 Å². The third-order valence-corrected chi connectivity index (χ3v) is 6.49. The molecule has 2 aliphatic heterocycles. The maximum absolute atomic E-state index is 13.1. The van der Waals surface area contributed by atoms with E-state index < -0.39 is 0 Å². The van der Waals surface area contributed by atoms with Gasteiger partial charge < -0.3 is 19.9 Å². The molecule has 0 radical (unpaired) electrons. The minimum Gasteiger partial charge on any atom is -0.381 e. The number of benzene rings is 1. The topological polar surface area (TPSA) is 87.7 Å². The fourth-order valence-electron chi connectivity index (χ4n) is 4.11. The first-order valence-corrected chi connectivity index (χ1v) is 11.5. The predicted octanol–water partition coefficient (Wildman–Crippen LogP) is 3.26. The SMILES string of the molecule is Cc1cnc(NC2CCOCC2)nc1-c1ccc2c(c1)C(=O)N(CC(=O)N(C)C(C)(C)C)C2. The van der Waals surface area contributed by atoms with Gasteiger partial charge in [0.1, 0.15) is 6.54 Å². The van der Waals surface area contributed by atoms with Crippen molar-refractivity contribution in [1.29, 1.82) is 0 Å². The molecule has 0 saturated carbocycles. The van der Waals surface area contributed by atoms with E-state index in [0.717, 1.165) is 48.4 Å². The van der Waals surface area contributed by atoms with Gasteiger partial charge >= 0.3 is 0 Å². The summed E-state index contributed by atoms with van der Waals surface area (Å²) in [6.45, 7) is 9.91. The van der Waals surface area contributed by atoms with E-state index in [0.29, 0.717) is 24.1 Å². The van der Waals surface area contributed by atoms with Crippen LogP contribution >= 0.6 is 0 Å². The Morgan fingerprint density at radius 2 is 2.00 bits per heavy atom. The van der Waals surface area contributed by atoms with Gasteiger partial charge in [-0.15, -0.1) is 0 Å². The Hall–Kier alpha value is -3.00. The molecule has 1 saturated heterocycles. The van der Waals surface area contributed by atoms with Crippen LogP contribution < -0.4 is 5.32 Å². The summed E-state index contributed by atoms with van der Waals surface area (Å²) in [6.07, 6.45) is 3.67. The Kier molecular flexibility index (Phi) is 6.38. The molecule has 33 heavy (non-hydrogen) atoms. The third kappa shape index (κ3) is 5.00. The number of hydrogen-bond donors (Lipinski definition) is 1. The van der Waals surface area contributed by atoms with Gasteiger partial charge in [-0.2, -0.15) is 0 Å². The molecule has 8 heteroatoms. The van der Waals surface area contributed by atoms with Gasteiger partial charge in [0, 0.05) is 55.7 Å². The van der Waals surface area contributed by atoms with E-state index >= 15 is 0 Å². The van der Waals surface area contributed by atoms with Gasteiger partial charge in [0.25, 0.3) is 5.91 Å². The number of likely N-dealkylation sites (N-methyl/N-ethyl adjacent to an activating group) is 1. The summed E-state index contributed by atoms with van der Waals surface area (Å²) < 4.78 is 5.42. The second-order valence-electron chi connectivity index (χ2n) is 9.91. The number of carbonyl (C=O) groups excluding carboxylic acids is 2. The van der Waals surface area contributed by atoms with Crippen molar-refractivity contribution in [2.24, 2.45) is 0 Å². The number of aromatic nitrogens is 2. The van der Waals surface area contributed by atoms with Crippen molar-refractivity contribution < 1.29 is 14.3 Å². The lowest BCUT2D eigenvalue weighted by Gasteiger charge is -2.33. The first-order chi connectivity index (χ1) is 15.6. The van der Waals surface area contributed by atoms with E-state index in [1.165, 1.54) is 0 Å². The average molecular weight is 452 g/mol. The molecular weight excluding hydrogens is 418 g/mol. The highest BCUT2D eigenvalue weighted by Gasteiger charge is 2.32. The van der Waals surface area contributed by atoms with Crippen LogP contribution in [0, 0.1) is 6.92 Å². The number of anilines is 1. The Labute approximate surface area is 195 Å². The number of aryl methyl sites for hydroxylation is 1. The van der Waals surface area contributed by atoms with E-state index in [2.05, 4.69) is 10.3 Å². The van der Waals surface area contributed by atoms with Crippen LogP contribution in [-0.4, -0.2) is 70.0 Å². The molecule has 2 aromatic rings. The van der Waals surface area contributed by atoms with Crippen LogP contribution in [0.5, 0.6) is 0 Å².